The van der Waals surface area contributed by atoms with Crippen molar-refractivity contribution in [3.05, 3.63) is 95.8 Å². The number of hydrogen-bond acceptors (Lipinski definition) is 10. The number of anilines is 5. The first kappa shape index (κ1) is 33.1. The predicted octanol–water partition coefficient (Wildman–Crippen LogP) is 4.60. The van der Waals surface area contributed by atoms with E-state index in [9.17, 15) is 9.59 Å². The van der Waals surface area contributed by atoms with Crippen molar-refractivity contribution in [2.45, 2.75) is 24.9 Å². The number of aromatic nitrogens is 3. The Balaban J connectivity index is 1.02. The molecule has 0 radical (unpaired) electrons. The summed E-state index contributed by atoms with van der Waals surface area (Å²) in [5.41, 5.74) is 9.46. The molecule has 13 nitrogen and oxygen atoms in total. The highest BCUT2D eigenvalue weighted by Gasteiger charge is 2.40. The number of carbonyl (C=O) groups excluding carboxylic acids is 2. The van der Waals surface area contributed by atoms with Gasteiger partial charge in [-0.05, 0) is 73.0 Å². The first-order chi connectivity index (χ1) is 24.0. The average Bonchev–Trinajstić information content (AvgIpc) is 3.91. The number of rotatable bonds is 13. The second-order valence-electron chi connectivity index (χ2n) is 11.6. The van der Waals surface area contributed by atoms with Gasteiger partial charge in [0.1, 0.15) is 0 Å². The van der Waals surface area contributed by atoms with Crippen LogP contribution in [0.4, 0.5) is 33.8 Å². The van der Waals surface area contributed by atoms with E-state index in [-0.39, 0.29) is 11.6 Å². The maximum absolute atomic E-state index is 12.7. The Morgan fingerprint density at radius 3 is 2.20 bits per heavy atom. The standard InChI is InChI=1S/C36H38N10O3/c1-2-3-19-36(44-45-36)20-21-37-32(47)27-10-12-29(13-11-27)39-35(48)40-30-16-14-28(15-17-30)38-33-41-31(18-9-26-7-5-4-6-8-26)42-34(43-33)46-22-24-49-25-23-46/h1,4-18,44-45H,3,19-25H2,(H,37,47)(H2,39,40,48)(H,38,41,42,43)/b18-9+. The lowest BCUT2D eigenvalue weighted by molar-refractivity contribution is 0.0952. The van der Waals surface area contributed by atoms with Gasteiger partial charge in [-0.3, -0.25) is 4.79 Å². The lowest BCUT2D eigenvalue weighted by Gasteiger charge is -2.27. The molecule has 0 bridgehead atoms. The Morgan fingerprint density at radius 1 is 0.857 bits per heavy atom. The molecule has 2 aliphatic heterocycles. The molecule has 2 fully saturated rings. The lowest BCUT2D eigenvalue weighted by Crippen LogP contribution is -2.37. The van der Waals surface area contributed by atoms with Crippen molar-refractivity contribution in [1.82, 2.24) is 31.1 Å². The van der Waals surface area contributed by atoms with Crippen LogP contribution in [0.15, 0.2) is 78.9 Å². The third kappa shape index (κ3) is 9.61. The first-order valence-corrected chi connectivity index (χ1v) is 16.1. The van der Waals surface area contributed by atoms with Gasteiger partial charge in [0.05, 0.1) is 18.9 Å². The maximum atomic E-state index is 12.7. The second kappa shape index (κ2) is 15.9. The van der Waals surface area contributed by atoms with Crippen molar-refractivity contribution in [3.8, 4) is 12.3 Å². The van der Waals surface area contributed by atoms with Crippen LogP contribution in [0.1, 0.15) is 41.0 Å². The topological polar surface area (TPSA) is 177 Å². The number of hydrazine groups is 1. The summed E-state index contributed by atoms with van der Waals surface area (Å²) in [6, 6.07) is 23.5. The molecular weight excluding hydrogens is 620 g/mol. The number of benzene rings is 3. The molecule has 13 heteroatoms. The van der Waals surface area contributed by atoms with Crippen LogP contribution in [0, 0.1) is 12.3 Å². The summed E-state index contributed by atoms with van der Waals surface area (Å²) in [6.07, 6.45) is 11.4. The SMILES string of the molecule is C#CCCC1(CCNC(=O)c2ccc(NC(=O)Nc3ccc(Nc4nc(/C=C/c5ccccc5)nc(N5CCOCC5)n4)cc3)cc2)NN1. The monoisotopic (exact) mass is 658 g/mol. The number of amides is 3. The summed E-state index contributed by atoms with van der Waals surface area (Å²) < 4.78 is 5.50. The van der Waals surface area contributed by atoms with Crippen molar-refractivity contribution in [2.75, 3.05) is 53.7 Å². The third-order valence-corrected chi connectivity index (χ3v) is 7.98. The van der Waals surface area contributed by atoms with Crippen molar-refractivity contribution in [2.24, 2.45) is 0 Å². The van der Waals surface area contributed by atoms with Gasteiger partial charge in [-0.25, -0.2) is 15.6 Å². The fourth-order valence-electron chi connectivity index (χ4n) is 5.16. The number of hydrogen-bond donors (Lipinski definition) is 6. The van der Waals surface area contributed by atoms with Gasteiger partial charge in [-0.2, -0.15) is 15.0 Å². The van der Waals surface area contributed by atoms with Gasteiger partial charge in [0.2, 0.25) is 11.9 Å². The van der Waals surface area contributed by atoms with Crippen LogP contribution in [0.3, 0.4) is 0 Å². The van der Waals surface area contributed by atoms with Gasteiger partial charge in [0.15, 0.2) is 5.82 Å². The van der Waals surface area contributed by atoms with Crippen LogP contribution < -0.4 is 37.0 Å². The van der Waals surface area contributed by atoms with Gasteiger partial charge in [0.25, 0.3) is 5.91 Å². The van der Waals surface area contributed by atoms with Gasteiger partial charge < -0.3 is 30.9 Å². The van der Waals surface area contributed by atoms with Crippen molar-refractivity contribution in [1.29, 1.82) is 0 Å². The minimum absolute atomic E-state index is 0.188. The highest BCUT2D eigenvalue weighted by molar-refractivity contribution is 6.00. The summed E-state index contributed by atoms with van der Waals surface area (Å²) in [7, 11) is 0. The molecule has 4 aromatic rings. The lowest BCUT2D eigenvalue weighted by atomic mass is 10.1. The minimum atomic E-state index is -0.415. The van der Waals surface area contributed by atoms with Crippen molar-refractivity contribution in [3.63, 3.8) is 0 Å². The molecule has 250 valence electrons. The number of nitrogens with zero attached hydrogens (tertiary/aromatic N) is 4. The van der Waals surface area contributed by atoms with Crippen LogP contribution in [-0.2, 0) is 4.74 Å². The number of nitrogens with one attached hydrogen (secondary N) is 6. The maximum Gasteiger partial charge on any atom is 0.323 e. The Kier molecular flexibility index (Phi) is 10.7. The smallest absolute Gasteiger partial charge is 0.323 e. The zero-order chi connectivity index (χ0) is 33.9. The molecule has 0 atom stereocenters. The summed E-state index contributed by atoms with van der Waals surface area (Å²) in [4.78, 5) is 41.3. The molecule has 3 heterocycles. The molecular formula is C36H38N10O3. The summed E-state index contributed by atoms with van der Waals surface area (Å²) in [5.74, 6) is 3.95. The van der Waals surface area contributed by atoms with Crippen LogP contribution >= 0.6 is 0 Å². The fourth-order valence-corrected chi connectivity index (χ4v) is 5.16. The average molecular weight is 659 g/mol. The van der Waals surface area contributed by atoms with Gasteiger partial charge >= 0.3 is 6.03 Å². The van der Waals surface area contributed by atoms with E-state index in [1.807, 2.05) is 54.6 Å². The molecule has 0 saturated carbocycles. The number of morpholine rings is 1. The largest absolute Gasteiger partial charge is 0.378 e. The molecule has 6 rings (SSSR count). The van der Waals surface area contributed by atoms with Crippen LogP contribution in [0.2, 0.25) is 0 Å². The van der Waals surface area contributed by atoms with Gasteiger partial charge in [0, 0.05) is 48.7 Å². The number of urea groups is 1. The van der Waals surface area contributed by atoms with Gasteiger partial charge in [-0.1, -0.05) is 36.4 Å². The quantitative estimate of drug-likeness (QED) is 0.0879. The molecule has 49 heavy (non-hydrogen) atoms. The fraction of sp³-hybridized carbons (Fsp3) is 0.250. The summed E-state index contributed by atoms with van der Waals surface area (Å²) >= 11 is 0. The van der Waals surface area contributed by atoms with E-state index < -0.39 is 6.03 Å². The zero-order valence-corrected chi connectivity index (χ0v) is 26.9. The molecule has 0 aliphatic carbocycles. The molecule has 2 saturated heterocycles. The van der Waals surface area contributed by atoms with Crippen molar-refractivity contribution < 1.29 is 14.3 Å². The third-order valence-electron chi connectivity index (χ3n) is 7.98. The highest BCUT2D eigenvalue weighted by Crippen LogP contribution is 2.22. The molecule has 0 unspecified atom stereocenters. The molecule has 0 spiro atoms. The predicted molar refractivity (Wildman–Crippen MR) is 191 cm³/mol. The number of terminal acetylenes is 1. The molecule has 6 N–H and O–H groups in total. The van der Waals surface area contributed by atoms with E-state index in [0.717, 1.165) is 24.1 Å². The van der Waals surface area contributed by atoms with E-state index in [2.05, 4.69) is 57.9 Å². The molecule has 3 aromatic carbocycles. The van der Waals surface area contributed by atoms with E-state index in [1.54, 1.807) is 36.4 Å². The highest BCUT2D eigenvalue weighted by atomic mass is 16.5. The van der Waals surface area contributed by atoms with Crippen LogP contribution in [0.25, 0.3) is 12.2 Å². The molecule has 3 amide bonds. The van der Waals surface area contributed by atoms with E-state index >= 15 is 0 Å². The Morgan fingerprint density at radius 2 is 1.53 bits per heavy atom. The van der Waals surface area contributed by atoms with Crippen molar-refractivity contribution >= 4 is 53.0 Å². The summed E-state index contributed by atoms with van der Waals surface area (Å²) in [5, 5.41) is 11.8. The van der Waals surface area contributed by atoms with E-state index in [0.29, 0.717) is 73.9 Å². The zero-order valence-electron chi connectivity index (χ0n) is 26.9. The second-order valence-corrected chi connectivity index (χ2v) is 11.6. The molecule has 1 aromatic heterocycles. The number of carbonyl (C=O) groups is 2. The van der Waals surface area contributed by atoms with Crippen LogP contribution in [-0.4, -0.2) is 65.4 Å². The van der Waals surface area contributed by atoms with Gasteiger partial charge in [-0.15, -0.1) is 12.3 Å². The van der Waals surface area contributed by atoms with Crippen LogP contribution in [0.5, 0.6) is 0 Å². The molecule has 2 aliphatic rings. The van der Waals surface area contributed by atoms with E-state index in [1.165, 1.54) is 0 Å². The van der Waals surface area contributed by atoms with E-state index in [4.69, 9.17) is 11.2 Å². The summed E-state index contributed by atoms with van der Waals surface area (Å²) in [6.45, 7) is 3.11. The first-order valence-electron chi connectivity index (χ1n) is 16.1. The Labute approximate surface area is 284 Å². The number of ether oxygens (including phenoxy) is 1. The Bertz CT molecular complexity index is 1800. The minimum Gasteiger partial charge on any atom is -0.378 e. The Hall–Kier alpha value is -5.81. The normalized spacial score (nSPS) is 14.9.